The summed E-state index contributed by atoms with van der Waals surface area (Å²) in [6, 6.07) is 3.73. The van der Waals surface area contributed by atoms with Gasteiger partial charge in [0.1, 0.15) is 11.8 Å². The summed E-state index contributed by atoms with van der Waals surface area (Å²) < 4.78 is 31.6. The van der Waals surface area contributed by atoms with Crippen molar-refractivity contribution in [2.75, 3.05) is 17.7 Å². The smallest absolute Gasteiger partial charge is 0.244 e. The Bertz CT molecular complexity index is 742. The Morgan fingerprint density at radius 3 is 2.19 bits per heavy atom. The maximum absolute atomic E-state index is 13.0. The number of sulfonamides is 1. The molecule has 1 atom stereocenters. The number of carbonyl (C=O) groups excluding carboxylic acids is 1. The third kappa shape index (κ3) is 6.01. The molecular weight excluding hydrogens is 388 g/mol. The average molecular weight is 419 g/mol. The van der Waals surface area contributed by atoms with E-state index in [9.17, 15) is 13.2 Å². The van der Waals surface area contributed by atoms with Crippen LogP contribution in [-0.4, -0.2) is 39.8 Å². The van der Waals surface area contributed by atoms with E-state index in [1.54, 1.807) is 19.1 Å². The summed E-state index contributed by atoms with van der Waals surface area (Å²) in [5.41, 5.74) is 0.250. The number of anilines is 1. The molecule has 8 heteroatoms. The highest BCUT2D eigenvalue weighted by molar-refractivity contribution is 7.92. The molecule has 0 bridgehead atoms. The first-order chi connectivity index (χ1) is 12.4. The summed E-state index contributed by atoms with van der Waals surface area (Å²) in [4.78, 5) is 13.0. The Balaban J connectivity index is 3.41. The lowest BCUT2D eigenvalue weighted by atomic mass is 9.93. The zero-order valence-corrected chi connectivity index (χ0v) is 18.7. The highest BCUT2D eigenvalue weighted by atomic mass is 35.5. The van der Waals surface area contributed by atoms with Crippen molar-refractivity contribution in [3.63, 3.8) is 0 Å². The standard InChI is InChI=1S/C19H31ClN2O4S/c1-8-15(19(23)21-18(12(2)3)13(4)5)22(27(7,24)25)16-11-14(20)9-10-17(16)26-6/h9-13,15,18H,8H2,1-7H3,(H,21,23)/t15-/m1/s1. The van der Waals surface area contributed by atoms with Gasteiger partial charge in [-0.2, -0.15) is 0 Å². The molecule has 1 aromatic rings. The number of halogens is 1. The number of nitrogens with one attached hydrogen (secondary N) is 1. The predicted octanol–water partition coefficient (Wildman–Crippen LogP) is 3.69. The zero-order valence-electron chi connectivity index (χ0n) is 17.1. The highest BCUT2D eigenvalue weighted by Crippen LogP contribution is 2.35. The van der Waals surface area contributed by atoms with Crippen LogP contribution in [0, 0.1) is 11.8 Å². The van der Waals surface area contributed by atoms with Crippen LogP contribution in [0.15, 0.2) is 18.2 Å². The van der Waals surface area contributed by atoms with Crippen LogP contribution in [0.2, 0.25) is 5.02 Å². The van der Waals surface area contributed by atoms with Gasteiger partial charge in [0.15, 0.2) is 0 Å². The van der Waals surface area contributed by atoms with Crippen LogP contribution in [0.25, 0.3) is 0 Å². The Kier molecular flexibility index (Phi) is 8.42. The van der Waals surface area contributed by atoms with Gasteiger partial charge in [0.25, 0.3) is 0 Å². The van der Waals surface area contributed by atoms with Gasteiger partial charge >= 0.3 is 0 Å². The van der Waals surface area contributed by atoms with E-state index in [1.165, 1.54) is 13.2 Å². The van der Waals surface area contributed by atoms with Gasteiger partial charge in [0.2, 0.25) is 15.9 Å². The Labute approximate surface area is 168 Å². The molecule has 0 aliphatic carbocycles. The molecule has 0 aromatic heterocycles. The normalized spacial score (nSPS) is 13.1. The molecule has 0 saturated carbocycles. The molecule has 0 saturated heterocycles. The molecule has 1 aromatic carbocycles. The fourth-order valence-electron chi connectivity index (χ4n) is 3.23. The molecule has 0 aliphatic heterocycles. The van der Waals surface area contributed by atoms with Crippen molar-refractivity contribution in [3.8, 4) is 5.75 Å². The molecular formula is C19H31ClN2O4S. The van der Waals surface area contributed by atoms with E-state index < -0.39 is 16.1 Å². The van der Waals surface area contributed by atoms with Crippen LogP contribution < -0.4 is 14.4 Å². The van der Waals surface area contributed by atoms with Crippen molar-refractivity contribution in [2.45, 2.75) is 53.1 Å². The summed E-state index contributed by atoms with van der Waals surface area (Å²) in [6.07, 6.45) is 1.38. The van der Waals surface area contributed by atoms with Gasteiger partial charge in [0.05, 0.1) is 19.1 Å². The van der Waals surface area contributed by atoms with Crippen molar-refractivity contribution in [1.82, 2.24) is 5.32 Å². The fourth-order valence-corrected chi connectivity index (χ4v) is 4.61. The number of hydrogen-bond acceptors (Lipinski definition) is 4. The second-order valence-corrected chi connectivity index (χ2v) is 9.62. The summed E-state index contributed by atoms with van der Waals surface area (Å²) >= 11 is 6.09. The van der Waals surface area contributed by atoms with Crippen molar-refractivity contribution in [3.05, 3.63) is 23.2 Å². The highest BCUT2D eigenvalue weighted by Gasteiger charge is 2.35. The number of benzene rings is 1. The maximum atomic E-state index is 13.0. The average Bonchev–Trinajstić information content (AvgIpc) is 2.55. The van der Waals surface area contributed by atoms with Gasteiger partial charge in [-0.3, -0.25) is 9.10 Å². The fraction of sp³-hybridized carbons (Fsp3) is 0.632. The molecule has 154 valence electrons. The molecule has 0 spiro atoms. The first-order valence-corrected chi connectivity index (χ1v) is 11.3. The number of methoxy groups -OCH3 is 1. The number of amides is 1. The van der Waals surface area contributed by atoms with Gasteiger partial charge in [-0.25, -0.2) is 8.42 Å². The predicted molar refractivity (Wildman–Crippen MR) is 111 cm³/mol. The largest absolute Gasteiger partial charge is 0.495 e. The molecule has 0 unspecified atom stereocenters. The second kappa shape index (κ2) is 9.64. The third-order valence-electron chi connectivity index (χ3n) is 4.45. The van der Waals surface area contributed by atoms with Crippen LogP contribution >= 0.6 is 11.6 Å². The van der Waals surface area contributed by atoms with Crippen LogP contribution in [-0.2, 0) is 14.8 Å². The van der Waals surface area contributed by atoms with Crippen LogP contribution in [0.1, 0.15) is 41.0 Å². The van der Waals surface area contributed by atoms with E-state index in [2.05, 4.69) is 5.32 Å². The van der Waals surface area contributed by atoms with Crippen LogP contribution in [0.4, 0.5) is 5.69 Å². The number of hydrogen-bond donors (Lipinski definition) is 1. The second-order valence-electron chi connectivity index (χ2n) is 7.32. The first-order valence-electron chi connectivity index (χ1n) is 9.07. The molecule has 1 rings (SSSR count). The van der Waals surface area contributed by atoms with E-state index in [-0.39, 0.29) is 29.5 Å². The first kappa shape index (κ1) is 23.6. The van der Waals surface area contributed by atoms with Gasteiger partial charge in [0, 0.05) is 11.1 Å². The topological polar surface area (TPSA) is 75.7 Å². The molecule has 0 radical (unpaired) electrons. The summed E-state index contributed by atoms with van der Waals surface area (Å²) in [5, 5.41) is 3.38. The number of ether oxygens (including phenoxy) is 1. The van der Waals surface area contributed by atoms with Gasteiger partial charge in [-0.1, -0.05) is 46.2 Å². The summed E-state index contributed by atoms with van der Waals surface area (Å²) in [5.74, 6) is 0.440. The van der Waals surface area contributed by atoms with E-state index in [0.717, 1.165) is 10.6 Å². The quantitative estimate of drug-likeness (QED) is 0.663. The molecule has 1 amide bonds. The van der Waals surface area contributed by atoms with Crippen LogP contribution in [0.3, 0.4) is 0 Å². The number of rotatable bonds is 9. The van der Waals surface area contributed by atoms with Gasteiger partial charge in [-0.15, -0.1) is 0 Å². The SMILES string of the molecule is CC[C@H](C(=O)NC(C(C)C)C(C)C)N(c1cc(Cl)ccc1OC)S(C)(=O)=O. The monoisotopic (exact) mass is 418 g/mol. The van der Waals surface area contributed by atoms with E-state index in [0.29, 0.717) is 17.2 Å². The molecule has 0 aliphatic rings. The Morgan fingerprint density at radius 1 is 1.22 bits per heavy atom. The van der Waals surface area contributed by atoms with Crippen LogP contribution in [0.5, 0.6) is 5.75 Å². The van der Waals surface area contributed by atoms with Gasteiger partial charge < -0.3 is 10.1 Å². The van der Waals surface area contributed by atoms with Gasteiger partial charge in [-0.05, 0) is 36.5 Å². The Morgan fingerprint density at radius 2 is 1.78 bits per heavy atom. The van der Waals surface area contributed by atoms with E-state index in [4.69, 9.17) is 16.3 Å². The minimum atomic E-state index is -3.77. The maximum Gasteiger partial charge on any atom is 0.244 e. The third-order valence-corrected chi connectivity index (χ3v) is 5.85. The molecule has 27 heavy (non-hydrogen) atoms. The lowest BCUT2D eigenvalue weighted by molar-refractivity contribution is -0.123. The molecule has 1 N–H and O–H groups in total. The number of nitrogens with zero attached hydrogens (tertiary/aromatic N) is 1. The lowest BCUT2D eigenvalue weighted by Gasteiger charge is -2.34. The Hall–Kier alpha value is -1.47. The van der Waals surface area contributed by atoms with E-state index in [1.807, 2.05) is 27.7 Å². The molecule has 0 fully saturated rings. The molecule has 6 nitrogen and oxygen atoms in total. The summed E-state index contributed by atoms with van der Waals surface area (Å²) in [7, 11) is -2.32. The lowest BCUT2D eigenvalue weighted by Crippen LogP contribution is -2.53. The molecule has 0 heterocycles. The van der Waals surface area contributed by atoms with Crippen molar-refractivity contribution in [1.29, 1.82) is 0 Å². The van der Waals surface area contributed by atoms with E-state index >= 15 is 0 Å². The van der Waals surface area contributed by atoms with Crippen molar-refractivity contribution in [2.24, 2.45) is 11.8 Å². The van der Waals surface area contributed by atoms with Crippen molar-refractivity contribution < 1.29 is 17.9 Å². The van der Waals surface area contributed by atoms with Crippen molar-refractivity contribution >= 4 is 33.2 Å². The zero-order chi connectivity index (χ0) is 20.9. The number of carbonyl (C=O) groups is 1. The minimum absolute atomic E-state index is 0.0609. The minimum Gasteiger partial charge on any atom is -0.495 e. The summed E-state index contributed by atoms with van der Waals surface area (Å²) in [6.45, 7) is 9.89.